The lowest BCUT2D eigenvalue weighted by Crippen LogP contribution is -2.33. The van der Waals surface area contributed by atoms with Crippen LogP contribution in [-0.2, 0) is 6.42 Å². The van der Waals surface area contributed by atoms with Crippen LogP contribution in [0.3, 0.4) is 0 Å². The Labute approximate surface area is 172 Å². The molecule has 5 nitrogen and oxygen atoms in total. The van der Waals surface area contributed by atoms with Gasteiger partial charge in [-0.3, -0.25) is 0 Å². The van der Waals surface area contributed by atoms with Crippen molar-refractivity contribution < 1.29 is 14.4 Å². The topological polar surface area (TPSA) is 67.5 Å². The Kier molecular flexibility index (Phi) is 5.06. The van der Waals surface area contributed by atoms with Crippen LogP contribution >= 0.6 is 11.3 Å². The molecule has 5 rings (SSSR count). The monoisotopic (exact) mass is 406 g/mol. The molecule has 2 aromatic heterocycles. The molecule has 0 fully saturated rings. The number of aliphatic hydroxyl groups is 1. The lowest BCUT2D eigenvalue weighted by molar-refractivity contribution is 0.103. The molecule has 2 heterocycles. The fraction of sp³-hybridized carbons (Fsp3) is 0.261. The number of ether oxygens (including phenoxy) is 1. The molecule has 1 aliphatic rings. The first-order chi connectivity index (χ1) is 14.3. The van der Waals surface area contributed by atoms with Crippen molar-refractivity contribution in [3.8, 4) is 17.0 Å². The van der Waals surface area contributed by atoms with Gasteiger partial charge in [-0.05, 0) is 47.5 Å². The second-order valence-electron chi connectivity index (χ2n) is 7.34. The highest BCUT2D eigenvalue weighted by Gasteiger charge is 2.22. The van der Waals surface area contributed by atoms with Crippen molar-refractivity contribution in [1.82, 2.24) is 10.5 Å². The molecule has 4 aromatic rings. The summed E-state index contributed by atoms with van der Waals surface area (Å²) in [6.45, 7) is 0.732. The average Bonchev–Trinajstić information content (AvgIpc) is 3.46. The predicted molar refractivity (Wildman–Crippen MR) is 114 cm³/mol. The van der Waals surface area contributed by atoms with Gasteiger partial charge in [-0.1, -0.05) is 41.6 Å². The first-order valence-electron chi connectivity index (χ1n) is 9.83. The van der Waals surface area contributed by atoms with E-state index in [0.29, 0.717) is 18.3 Å². The highest BCUT2D eigenvalue weighted by Crippen LogP contribution is 2.33. The highest BCUT2D eigenvalue weighted by atomic mass is 32.1. The predicted octanol–water partition coefficient (Wildman–Crippen LogP) is 4.57. The van der Waals surface area contributed by atoms with Gasteiger partial charge < -0.3 is 19.7 Å². The summed E-state index contributed by atoms with van der Waals surface area (Å²) in [5.41, 5.74) is 5.31. The van der Waals surface area contributed by atoms with Crippen molar-refractivity contribution in [2.75, 3.05) is 13.2 Å². The Morgan fingerprint density at radius 1 is 1.21 bits per heavy atom. The molecule has 2 N–H and O–H groups in total. The minimum Gasteiger partial charge on any atom is -0.491 e. The van der Waals surface area contributed by atoms with Crippen LogP contribution in [0.4, 0.5) is 0 Å². The third-order valence-corrected chi connectivity index (χ3v) is 6.26. The molecule has 0 aliphatic heterocycles. The number of thiophene rings is 1. The zero-order valence-corrected chi connectivity index (χ0v) is 16.7. The zero-order chi connectivity index (χ0) is 19.6. The summed E-state index contributed by atoms with van der Waals surface area (Å²) in [4.78, 5) is 0. The number of benzene rings is 2. The summed E-state index contributed by atoms with van der Waals surface area (Å²) in [5.74, 6) is 0.709. The van der Waals surface area contributed by atoms with Crippen LogP contribution in [0, 0.1) is 0 Å². The van der Waals surface area contributed by atoms with Crippen LogP contribution in [0.5, 0.6) is 5.75 Å². The van der Waals surface area contributed by atoms with E-state index in [1.807, 2.05) is 35.7 Å². The second kappa shape index (κ2) is 7.99. The molecule has 148 valence electrons. The van der Waals surface area contributed by atoms with Crippen LogP contribution in [0.2, 0.25) is 0 Å². The number of aryl methyl sites for hydroxylation is 1. The summed E-state index contributed by atoms with van der Waals surface area (Å²) in [7, 11) is 0. The van der Waals surface area contributed by atoms with Gasteiger partial charge in [0.25, 0.3) is 0 Å². The van der Waals surface area contributed by atoms with E-state index in [0.717, 1.165) is 34.4 Å². The van der Waals surface area contributed by atoms with E-state index in [-0.39, 0.29) is 6.61 Å². The molecule has 0 saturated heterocycles. The second-order valence-corrected chi connectivity index (χ2v) is 8.25. The normalized spacial score (nSPS) is 16.8. The van der Waals surface area contributed by atoms with Gasteiger partial charge in [0.1, 0.15) is 28.9 Å². The SMILES string of the molecule is O[C@H](CNC1CCc2ccccc21)COc1cccc(-c2noc3ccsc23)c1. The number of aliphatic hydroxyl groups excluding tert-OH is 1. The highest BCUT2D eigenvalue weighted by molar-refractivity contribution is 7.17. The number of hydrogen-bond donors (Lipinski definition) is 2. The molecule has 0 saturated carbocycles. The van der Waals surface area contributed by atoms with Crippen LogP contribution in [0.25, 0.3) is 21.5 Å². The Hall–Kier alpha value is -2.67. The Bertz CT molecular complexity index is 1120. The molecule has 1 unspecified atom stereocenters. The maximum atomic E-state index is 10.4. The fourth-order valence-corrected chi connectivity index (χ4v) is 4.71. The van der Waals surface area contributed by atoms with Crippen molar-refractivity contribution in [3.05, 3.63) is 71.1 Å². The maximum Gasteiger partial charge on any atom is 0.178 e. The van der Waals surface area contributed by atoms with Crippen LogP contribution in [0.15, 0.2) is 64.5 Å². The van der Waals surface area contributed by atoms with Gasteiger partial charge in [0.05, 0.1) is 0 Å². The summed E-state index contributed by atoms with van der Waals surface area (Å²) in [6, 6.07) is 18.5. The van der Waals surface area contributed by atoms with Crippen molar-refractivity contribution in [1.29, 1.82) is 0 Å². The molecule has 0 bridgehead atoms. The number of rotatable bonds is 7. The van der Waals surface area contributed by atoms with E-state index in [4.69, 9.17) is 9.26 Å². The summed E-state index contributed by atoms with van der Waals surface area (Å²) in [5, 5.41) is 20.0. The van der Waals surface area contributed by atoms with Crippen molar-refractivity contribution in [2.45, 2.75) is 25.0 Å². The van der Waals surface area contributed by atoms with Crippen molar-refractivity contribution >= 4 is 21.6 Å². The molecule has 6 heteroatoms. The lowest BCUT2D eigenvalue weighted by Gasteiger charge is -2.18. The van der Waals surface area contributed by atoms with Gasteiger partial charge >= 0.3 is 0 Å². The van der Waals surface area contributed by atoms with Gasteiger partial charge in [0.15, 0.2) is 5.58 Å². The number of hydrogen-bond acceptors (Lipinski definition) is 6. The van der Waals surface area contributed by atoms with E-state index in [2.05, 4.69) is 34.7 Å². The minimum absolute atomic E-state index is 0.234. The van der Waals surface area contributed by atoms with Gasteiger partial charge in [-0.15, -0.1) is 11.3 Å². The molecule has 29 heavy (non-hydrogen) atoms. The molecule has 2 aromatic carbocycles. The summed E-state index contributed by atoms with van der Waals surface area (Å²) < 4.78 is 12.2. The van der Waals surface area contributed by atoms with Crippen LogP contribution in [-0.4, -0.2) is 29.5 Å². The maximum absolute atomic E-state index is 10.4. The Morgan fingerprint density at radius 2 is 2.14 bits per heavy atom. The van der Waals surface area contributed by atoms with Crippen molar-refractivity contribution in [3.63, 3.8) is 0 Å². The number of nitrogens with zero attached hydrogens (tertiary/aromatic N) is 1. The smallest absolute Gasteiger partial charge is 0.178 e. The quantitative estimate of drug-likeness (QED) is 0.470. The van der Waals surface area contributed by atoms with Crippen LogP contribution < -0.4 is 10.1 Å². The Balaban J connectivity index is 1.18. The van der Waals surface area contributed by atoms with E-state index in [1.165, 1.54) is 11.1 Å². The molecule has 2 atom stereocenters. The number of nitrogens with one attached hydrogen (secondary N) is 1. The van der Waals surface area contributed by atoms with Gasteiger partial charge in [-0.25, -0.2) is 0 Å². The average molecular weight is 407 g/mol. The largest absolute Gasteiger partial charge is 0.491 e. The molecule has 1 aliphatic carbocycles. The van der Waals surface area contributed by atoms with Gasteiger partial charge in [0, 0.05) is 18.2 Å². The Morgan fingerprint density at radius 3 is 3.10 bits per heavy atom. The third-order valence-electron chi connectivity index (χ3n) is 5.36. The number of fused-ring (bicyclic) bond motifs is 2. The zero-order valence-electron chi connectivity index (χ0n) is 15.9. The fourth-order valence-electron chi connectivity index (χ4n) is 3.89. The van der Waals surface area contributed by atoms with Gasteiger partial charge in [0.2, 0.25) is 0 Å². The van der Waals surface area contributed by atoms with E-state index >= 15 is 0 Å². The minimum atomic E-state index is -0.581. The first kappa shape index (κ1) is 18.4. The standard InChI is InChI=1S/C23H22N2O3S/c26-17(13-24-20-9-8-15-4-1-2-7-19(15)20)14-27-18-6-3-5-16(12-18)22-23-21(28-25-22)10-11-29-23/h1-7,10-12,17,20,24,26H,8-9,13-14H2/t17-,20?/m1/s1. The summed E-state index contributed by atoms with van der Waals surface area (Å²) >= 11 is 1.61. The van der Waals surface area contributed by atoms with Crippen molar-refractivity contribution in [2.24, 2.45) is 0 Å². The van der Waals surface area contributed by atoms with E-state index in [1.54, 1.807) is 11.3 Å². The molecule has 0 radical (unpaired) electrons. The van der Waals surface area contributed by atoms with E-state index < -0.39 is 6.10 Å². The van der Waals surface area contributed by atoms with Crippen LogP contribution in [0.1, 0.15) is 23.6 Å². The first-order valence-corrected chi connectivity index (χ1v) is 10.7. The number of aromatic nitrogens is 1. The summed E-state index contributed by atoms with van der Waals surface area (Å²) in [6.07, 6.45) is 1.58. The molecule has 0 amide bonds. The third kappa shape index (κ3) is 3.79. The molecular weight excluding hydrogens is 384 g/mol. The lowest BCUT2D eigenvalue weighted by atomic mass is 10.1. The van der Waals surface area contributed by atoms with Gasteiger partial charge in [-0.2, -0.15) is 0 Å². The molecule has 0 spiro atoms. The molecular formula is C23H22N2O3S. The van der Waals surface area contributed by atoms with E-state index in [9.17, 15) is 5.11 Å².